The average molecular weight is 390 g/mol. The zero-order chi connectivity index (χ0) is 19.9. The van der Waals surface area contributed by atoms with E-state index in [4.69, 9.17) is 9.47 Å². The van der Waals surface area contributed by atoms with Crippen molar-refractivity contribution in [1.29, 1.82) is 0 Å². The van der Waals surface area contributed by atoms with E-state index in [1.807, 2.05) is 13.8 Å². The molecule has 26 heavy (non-hydrogen) atoms. The minimum Gasteiger partial charge on any atom is -0.378 e. The van der Waals surface area contributed by atoms with Crippen molar-refractivity contribution in [2.24, 2.45) is 0 Å². The van der Waals surface area contributed by atoms with E-state index in [0.717, 1.165) is 6.54 Å². The number of morpholine rings is 2. The van der Waals surface area contributed by atoms with E-state index in [9.17, 15) is 22.0 Å². The standard InChI is InChI=1S/C9H17F2NO.C8H14F3NO/c1-7(2)12-3-4-13-6-8(12)5-9(10)11;1-6(2)12-3-4-13-5-7(12)8(9,10)11/h7-9H,3-6H2,1-2H3;6-7H,3-5H2,1-2H3. The van der Waals surface area contributed by atoms with Gasteiger partial charge in [0.05, 0.1) is 26.4 Å². The lowest BCUT2D eigenvalue weighted by molar-refractivity contribution is -0.216. The van der Waals surface area contributed by atoms with Crippen LogP contribution in [0.4, 0.5) is 22.0 Å². The van der Waals surface area contributed by atoms with Crippen LogP contribution in [0.3, 0.4) is 0 Å². The fraction of sp³-hybridized carbons (Fsp3) is 1.00. The van der Waals surface area contributed by atoms with Crippen molar-refractivity contribution in [3.05, 3.63) is 0 Å². The third-order valence-electron chi connectivity index (χ3n) is 4.60. The van der Waals surface area contributed by atoms with E-state index in [1.54, 1.807) is 13.8 Å². The molecule has 2 aliphatic heterocycles. The molecule has 2 fully saturated rings. The fourth-order valence-electron chi connectivity index (χ4n) is 3.27. The van der Waals surface area contributed by atoms with Gasteiger partial charge in [0.2, 0.25) is 6.43 Å². The highest BCUT2D eigenvalue weighted by molar-refractivity contribution is 4.83. The van der Waals surface area contributed by atoms with Crippen LogP contribution in [0.1, 0.15) is 34.1 Å². The van der Waals surface area contributed by atoms with Crippen LogP contribution in [0.2, 0.25) is 0 Å². The quantitative estimate of drug-likeness (QED) is 0.687. The summed E-state index contributed by atoms with van der Waals surface area (Å²) in [6, 6.07) is -1.29. The number of halogens is 5. The molecule has 9 heteroatoms. The molecule has 0 amide bonds. The van der Waals surface area contributed by atoms with Crippen molar-refractivity contribution in [2.45, 2.75) is 70.9 Å². The normalized spacial score (nSPS) is 26.3. The topological polar surface area (TPSA) is 24.9 Å². The van der Waals surface area contributed by atoms with Gasteiger partial charge >= 0.3 is 6.18 Å². The summed E-state index contributed by atoms with van der Waals surface area (Å²) in [4.78, 5) is 3.53. The zero-order valence-corrected chi connectivity index (χ0v) is 15.9. The van der Waals surface area contributed by atoms with Crippen molar-refractivity contribution >= 4 is 0 Å². The number of nitrogens with zero attached hydrogens (tertiary/aromatic N) is 2. The van der Waals surface area contributed by atoms with Gasteiger partial charge in [-0.2, -0.15) is 13.2 Å². The van der Waals surface area contributed by atoms with Crippen molar-refractivity contribution in [3.63, 3.8) is 0 Å². The number of hydrogen-bond donors (Lipinski definition) is 0. The van der Waals surface area contributed by atoms with Crippen LogP contribution in [0, 0.1) is 0 Å². The monoisotopic (exact) mass is 390 g/mol. The summed E-state index contributed by atoms with van der Waals surface area (Å²) in [5, 5.41) is 0. The summed E-state index contributed by atoms with van der Waals surface area (Å²) in [5.74, 6) is 0. The van der Waals surface area contributed by atoms with E-state index in [2.05, 4.69) is 4.90 Å². The third kappa shape index (κ3) is 7.62. The van der Waals surface area contributed by atoms with E-state index < -0.39 is 18.6 Å². The summed E-state index contributed by atoms with van der Waals surface area (Å²) in [6.07, 6.45) is -6.48. The second-order valence-electron chi connectivity index (χ2n) is 7.15. The van der Waals surface area contributed by atoms with Gasteiger partial charge in [-0.15, -0.1) is 0 Å². The van der Waals surface area contributed by atoms with Crippen LogP contribution in [-0.4, -0.2) is 86.1 Å². The SMILES string of the molecule is CC(C)N1CCOCC1C(F)(F)F.CC(C)N1CCOCC1CC(F)F. The predicted octanol–water partition coefficient (Wildman–Crippen LogP) is 3.41. The lowest BCUT2D eigenvalue weighted by Crippen LogP contribution is -2.55. The molecule has 0 N–H and O–H groups in total. The first kappa shape index (κ1) is 23.5. The van der Waals surface area contributed by atoms with E-state index in [-0.39, 0.29) is 25.1 Å². The van der Waals surface area contributed by atoms with E-state index in [0.29, 0.717) is 32.4 Å². The van der Waals surface area contributed by atoms with Crippen LogP contribution in [0.25, 0.3) is 0 Å². The molecule has 0 saturated carbocycles. The Balaban J connectivity index is 0.000000260. The molecule has 4 nitrogen and oxygen atoms in total. The number of rotatable bonds is 4. The average Bonchev–Trinajstić information content (AvgIpc) is 2.54. The van der Waals surface area contributed by atoms with E-state index in [1.165, 1.54) is 4.90 Å². The Labute approximate surface area is 152 Å². The van der Waals surface area contributed by atoms with Crippen LogP contribution >= 0.6 is 0 Å². The molecule has 2 rings (SSSR count). The lowest BCUT2D eigenvalue weighted by Gasteiger charge is -2.39. The molecule has 2 unspecified atom stereocenters. The van der Waals surface area contributed by atoms with Crippen LogP contribution in [0.5, 0.6) is 0 Å². The van der Waals surface area contributed by atoms with Gasteiger partial charge in [-0.05, 0) is 27.7 Å². The summed E-state index contributed by atoms with van der Waals surface area (Å²) in [6.45, 7) is 10.0. The van der Waals surface area contributed by atoms with Crippen LogP contribution in [0.15, 0.2) is 0 Å². The summed E-state index contributed by atoms with van der Waals surface area (Å²) in [7, 11) is 0. The number of hydrogen-bond acceptors (Lipinski definition) is 4. The molecular weight excluding hydrogens is 359 g/mol. The van der Waals surface area contributed by atoms with Crippen LogP contribution < -0.4 is 0 Å². The zero-order valence-electron chi connectivity index (χ0n) is 15.9. The molecule has 2 atom stereocenters. The molecule has 2 heterocycles. The third-order valence-corrected chi connectivity index (χ3v) is 4.60. The summed E-state index contributed by atoms with van der Waals surface area (Å²) >= 11 is 0. The van der Waals surface area contributed by atoms with Crippen molar-refractivity contribution in [1.82, 2.24) is 9.80 Å². The smallest absolute Gasteiger partial charge is 0.378 e. The van der Waals surface area contributed by atoms with Gasteiger partial charge in [0.25, 0.3) is 0 Å². The fourth-order valence-corrected chi connectivity index (χ4v) is 3.27. The molecule has 2 saturated heterocycles. The Morgan fingerprint density at radius 3 is 1.81 bits per heavy atom. The maximum absolute atomic E-state index is 12.4. The van der Waals surface area contributed by atoms with Crippen molar-refractivity contribution in [3.8, 4) is 0 Å². The van der Waals surface area contributed by atoms with E-state index >= 15 is 0 Å². The summed E-state index contributed by atoms with van der Waals surface area (Å²) in [5.41, 5.74) is 0. The minimum absolute atomic E-state index is 0.0713. The van der Waals surface area contributed by atoms with Gasteiger partial charge < -0.3 is 9.47 Å². The van der Waals surface area contributed by atoms with Gasteiger partial charge in [0.1, 0.15) is 6.04 Å². The van der Waals surface area contributed by atoms with Crippen molar-refractivity contribution in [2.75, 3.05) is 39.5 Å². The second kappa shape index (κ2) is 10.7. The Bertz CT molecular complexity index is 394. The molecule has 156 valence electrons. The molecule has 0 aromatic rings. The van der Waals surface area contributed by atoms with Gasteiger partial charge in [-0.25, -0.2) is 8.78 Å². The Morgan fingerprint density at radius 1 is 0.885 bits per heavy atom. The molecule has 0 aliphatic carbocycles. The summed E-state index contributed by atoms with van der Waals surface area (Å²) < 4.78 is 71.7. The highest BCUT2D eigenvalue weighted by Gasteiger charge is 2.45. The highest BCUT2D eigenvalue weighted by Crippen LogP contribution is 2.28. The Kier molecular flexibility index (Phi) is 9.71. The largest absolute Gasteiger partial charge is 0.406 e. The Morgan fingerprint density at radius 2 is 1.38 bits per heavy atom. The number of ether oxygens (including phenoxy) is 2. The molecule has 0 bridgehead atoms. The van der Waals surface area contributed by atoms with Gasteiger partial charge in [-0.3, -0.25) is 9.80 Å². The molecule has 2 aliphatic rings. The van der Waals surface area contributed by atoms with Gasteiger partial charge in [0.15, 0.2) is 0 Å². The highest BCUT2D eigenvalue weighted by atomic mass is 19.4. The van der Waals surface area contributed by atoms with Crippen LogP contribution in [-0.2, 0) is 9.47 Å². The van der Waals surface area contributed by atoms with Gasteiger partial charge in [0, 0.05) is 37.6 Å². The molecule has 0 aromatic heterocycles. The molecule has 0 spiro atoms. The first-order valence-corrected chi connectivity index (χ1v) is 9.05. The second-order valence-corrected chi connectivity index (χ2v) is 7.15. The molecular formula is C17H31F5N2O2. The molecule has 0 radical (unpaired) electrons. The molecule has 0 aromatic carbocycles. The first-order valence-electron chi connectivity index (χ1n) is 9.05. The first-order chi connectivity index (χ1) is 12.0. The minimum atomic E-state index is -4.18. The van der Waals surface area contributed by atoms with Crippen molar-refractivity contribution < 1.29 is 31.4 Å². The maximum Gasteiger partial charge on any atom is 0.406 e. The van der Waals surface area contributed by atoms with Gasteiger partial charge in [-0.1, -0.05) is 0 Å². The lowest BCUT2D eigenvalue weighted by atomic mass is 10.1. The predicted molar refractivity (Wildman–Crippen MR) is 89.6 cm³/mol. The Hall–Kier alpha value is -0.510. The maximum atomic E-state index is 12.4. The number of alkyl halides is 5.